The molecule has 12 heteroatoms. The zero-order valence-electron chi connectivity index (χ0n) is 24.8. The maximum Gasteiger partial charge on any atom is 0.330 e. The van der Waals surface area contributed by atoms with Crippen LogP contribution in [0, 0.1) is 12.8 Å². The number of benzene rings is 1. The summed E-state index contributed by atoms with van der Waals surface area (Å²) in [7, 11) is 1.50. The third-order valence-electron chi connectivity index (χ3n) is 6.34. The van der Waals surface area contributed by atoms with E-state index in [4.69, 9.17) is 15.0 Å². The number of primary amides is 1. The van der Waals surface area contributed by atoms with Crippen molar-refractivity contribution in [1.29, 1.82) is 0 Å². The fourth-order valence-corrected chi connectivity index (χ4v) is 4.22. The van der Waals surface area contributed by atoms with Crippen LogP contribution in [0.4, 0.5) is 0 Å². The van der Waals surface area contributed by atoms with Gasteiger partial charge in [-0.2, -0.15) is 0 Å². The average molecular weight is 584 g/mol. The van der Waals surface area contributed by atoms with E-state index in [-0.39, 0.29) is 37.5 Å². The number of nitrogens with zero attached hydrogens (tertiary/aromatic N) is 2. The van der Waals surface area contributed by atoms with Gasteiger partial charge in [-0.25, -0.2) is 4.79 Å². The summed E-state index contributed by atoms with van der Waals surface area (Å²) < 4.78 is 9.90. The molecule has 228 valence electrons. The number of carbonyl (C=O) groups is 5. The van der Waals surface area contributed by atoms with E-state index >= 15 is 0 Å². The first-order valence-corrected chi connectivity index (χ1v) is 13.9. The molecule has 2 rings (SSSR count). The Hall–Kier alpha value is -4.48. The Balaban J connectivity index is 2.35. The SMILES string of the molecule is CCOC(=O)C=C[C@H](CCC(N)=O)NC(=O)[C@H](Cc1ccccc1)N(C)C(=O)[C@H](CC(C)C)NC(=O)c1cc(C)on1. The van der Waals surface area contributed by atoms with Gasteiger partial charge in [-0.15, -0.1) is 0 Å². The first-order valence-electron chi connectivity index (χ1n) is 13.9. The van der Waals surface area contributed by atoms with Gasteiger partial charge >= 0.3 is 5.97 Å². The third-order valence-corrected chi connectivity index (χ3v) is 6.34. The zero-order valence-corrected chi connectivity index (χ0v) is 24.8. The van der Waals surface area contributed by atoms with Crippen molar-refractivity contribution in [2.24, 2.45) is 11.7 Å². The highest BCUT2D eigenvalue weighted by Crippen LogP contribution is 2.15. The normalized spacial score (nSPS) is 13.3. The number of hydrogen-bond acceptors (Lipinski definition) is 8. The van der Waals surface area contributed by atoms with Crippen LogP contribution in [0.3, 0.4) is 0 Å². The van der Waals surface area contributed by atoms with Crippen LogP contribution in [0.15, 0.2) is 53.1 Å². The number of aryl methyl sites for hydroxylation is 1. The molecule has 3 atom stereocenters. The van der Waals surface area contributed by atoms with Gasteiger partial charge in [0.15, 0.2) is 5.69 Å². The zero-order chi connectivity index (χ0) is 31.2. The molecular weight excluding hydrogens is 542 g/mol. The van der Waals surface area contributed by atoms with E-state index < -0.39 is 47.7 Å². The standard InChI is InChI=1S/C30H41N5O7/c1-6-41-27(37)15-13-22(12-14-26(31)36)32-29(39)25(18-21-10-8-7-9-11-21)35(5)30(40)24(16-19(2)3)33-28(38)23-17-20(4)42-34-23/h7-11,13,15,17,19,22,24-25H,6,12,14,16,18H2,1-5H3,(H2,31,36)(H,32,39)(H,33,38)/t22-,24-,25-/m0/s1. The maximum absolute atomic E-state index is 13.8. The highest BCUT2D eigenvalue weighted by atomic mass is 16.5. The molecule has 1 heterocycles. The lowest BCUT2D eigenvalue weighted by Gasteiger charge is -2.32. The quantitative estimate of drug-likeness (QED) is 0.199. The van der Waals surface area contributed by atoms with Crippen molar-refractivity contribution in [3.63, 3.8) is 0 Å². The van der Waals surface area contributed by atoms with Crippen molar-refractivity contribution in [3.8, 4) is 0 Å². The van der Waals surface area contributed by atoms with Crippen LogP contribution < -0.4 is 16.4 Å². The summed E-state index contributed by atoms with van der Waals surface area (Å²) in [4.78, 5) is 65.1. The van der Waals surface area contributed by atoms with Gasteiger partial charge < -0.3 is 30.5 Å². The van der Waals surface area contributed by atoms with Crippen molar-refractivity contribution in [3.05, 3.63) is 65.6 Å². The summed E-state index contributed by atoms with van der Waals surface area (Å²) in [6, 6.07) is 7.96. The second-order valence-electron chi connectivity index (χ2n) is 10.4. The Morgan fingerprint density at radius 3 is 2.38 bits per heavy atom. The average Bonchev–Trinajstić information content (AvgIpc) is 3.38. The highest BCUT2D eigenvalue weighted by Gasteiger charge is 2.34. The van der Waals surface area contributed by atoms with Gasteiger partial charge in [-0.1, -0.05) is 55.4 Å². The van der Waals surface area contributed by atoms with E-state index in [0.717, 1.165) is 5.56 Å². The Bertz CT molecular complexity index is 1240. The fraction of sp³-hybridized carbons (Fsp3) is 0.467. The third kappa shape index (κ3) is 11.2. The molecule has 0 bridgehead atoms. The Morgan fingerprint density at radius 2 is 1.81 bits per heavy atom. The number of rotatable bonds is 16. The summed E-state index contributed by atoms with van der Waals surface area (Å²) in [6.07, 6.45) is 3.19. The molecule has 0 saturated carbocycles. The van der Waals surface area contributed by atoms with Crippen LogP contribution in [-0.2, 0) is 30.3 Å². The predicted molar refractivity (Wildman–Crippen MR) is 155 cm³/mol. The topological polar surface area (TPSA) is 174 Å². The minimum Gasteiger partial charge on any atom is -0.463 e. The molecule has 0 aliphatic heterocycles. The molecule has 0 aliphatic rings. The van der Waals surface area contributed by atoms with Crippen LogP contribution in [0.2, 0.25) is 0 Å². The van der Waals surface area contributed by atoms with E-state index in [1.54, 1.807) is 13.8 Å². The lowest BCUT2D eigenvalue weighted by atomic mass is 9.99. The summed E-state index contributed by atoms with van der Waals surface area (Å²) in [5.41, 5.74) is 6.16. The molecule has 12 nitrogen and oxygen atoms in total. The largest absolute Gasteiger partial charge is 0.463 e. The van der Waals surface area contributed by atoms with E-state index in [2.05, 4.69) is 15.8 Å². The minimum atomic E-state index is -0.993. The van der Waals surface area contributed by atoms with Crippen molar-refractivity contribution in [2.45, 2.75) is 71.5 Å². The highest BCUT2D eigenvalue weighted by molar-refractivity contribution is 5.97. The fourth-order valence-electron chi connectivity index (χ4n) is 4.22. The molecule has 1 aromatic heterocycles. The first-order chi connectivity index (χ1) is 19.9. The number of esters is 1. The number of aromatic nitrogens is 1. The van der Waals surface area contributed by atoms with Crippen LogP contribution >= 0.6 is 0 Å². The second-order valence-corrected chi connectivity index (χ2v) is 10.4. The van der Waals surface area contributed by atoms with E-state index in [0.29, 0.717) is 12.2 Å². The maximum atomic E-state index is 13.8. The van der Waals surface area contributed by atoms with E-state index in [9.17, 15) is 24.0 Å². The predicted octanol–water partition coefficient (Wildman–Crippen LogP) is 2.07. The van der Waals surface area contributed by atoms with Crippen molar-refractivity contribution in [2.75, 3.05) is 13.7 Å². The summed E-state index contributed by atoms with van der Waals surface area (Å²) in [5, 5.41) is 9.29. The Kier molecular flexibility index (Phi) is 13.4. The van der Waals surface area contributed by atoms with E-state index in [1.807, 2.05) is 44.2 Å². The lowest BCUT2D eigenvalue weighted by molar-refractivity contribution is -0.140. The number of hydrogen-bond donors (Lipinski definition) is 3. The number of carbonyl (C=O) groups excluding carboxylic acids is 5. The summed E-state index contributed by atoms with van der Waals surface area (Å²) in [6.45, 7) is 7.33. The van der Waals surface area contributed by atoms with Crippen LogP contribution in [0.1, 0.15) is 61.8 Å². The molecule has 1 aromatic carbocycles. The van der Waals surface area contributed by atoms with Crippen molar-refractivity contribution >= 4 is 29.6 Å². The van der Waals surface area contributed by atoms with Gasteiger partial charge in [0.05, 0.1) is 6.61 Å². The smallest absolute Gasteiger partial charge is 0.330 e. The number of ether oxygens (including phenoxy) is 1. The molecule has 0 spiro atoms. The number of nitrogens with one attached hydrogen (secondary N) is 2. The second kappa shape index (κ2) is 16.7. The van der Waals surface area contributed by atoms with Crippen LogP contribution in [0.25, 0.3) is 0 Å². The Morgan fingerprint density at radius 1 is 1.12 bits per heavy atom. The van der Waals surface area contributed by atoms with Gasteiger partial charge in [-0.05, 0) is 38.2 Å². The summed E-state index contributed by atoms with van der Waals surface area (Å²) >= 11 is 0. The first kappa shape index (κ1) is 33.7. The van der Waals surface area contributed by atoms with Gasteiger partial charge in [-0.3, -0.25) is 19.2 Å². The monoisotopic (exact) mass is 583 g/mol. The van der Waals surface area contributed by atoms with Crippen molar-refractivity contribution in [1.82, 2.24) is 20.7 Å². The van der Waals surface area contributed by atoms with Crippen molar-refractivity contribution < 1.29 is 33.2 Å². The molecule has 0 radical (unpaired) electrons. The molecule has 4 N–H and O–H groups in total. The molecule has 42 heavy (non-hydrogen) atoms. The molecule has 2 aromatic rings. The summed E-state index contributed by atoms with van der Waals surface area (Å²) in [5.74, 6) is -2.23. The van der Waals surface area contributed by atoms with E-state index in [1.165, 1.54) is 30.2 Å². The van der Waals surface area contributed by atoms with Crippen LogP contribution in [0.5, 0.6) is 0 Å². The molecule has 4 amide bonds. The molecule has 0 saturated heterocycles. The minimum absolute atomic E-state index is 0.0410. The molecular formula is C30H41N5O7. The van der Waals surface area contributed by atoms with Gasteiger partial charge in [0.1, 0.15) is 17.8 Å². The molecule has 0 unspecified atom stereocenters. The van der Waals surface area contributed by atoms with Gasteiger partial charge in [0.2, 0.25) is 17.7 Å². The number of likely N-dealkylation sites (N-methyl/N-ethyl adjacent to an activating group) is 1. The molecule has 0 aliphatic carbocycles. The number of amides is 4. The number of nitrogens with two attached hydrogens (primary N) is 1. The van der Waals surface area contributed by atoms with Gasteiger partial charge in [0.25, 0.3) is 5.91 Å². The Labute approximate surface area is 246 Å². The van der Waals surface area contributed by atoms with Crippen LogP contribution in [-0.4, -0.2) is 71.4 Å². The molecule has 0 fully saturated rings. The van der Waals surface area contributed by atoms with Gasteiger partial charge in [0, 0.05) is 38.1 Å². The lowest BCUT2D eigenvalue weighted by Crippen LogP contribution is -2.56.